The minimum atomic E-state index is -0.126. The first-order valence-electron chi connectivity index (χ1n) is 10.5. The molecule has 0 amide bonds. The van der Waals surface area contributed by atoms with Crippen LogP contribution in [0, 0.1) is 5.92 Å². The molecule has 150 valence electrons. The molecule has 0 aromatic rings. The van der Waals surface area contributed by atoms with Crippen molar-refractivity contribution >= 4 is 5.97 Å². The van der Waals surface area contributed by atoms with E-state index in [-0.39, 0.29) is 5.97 Å². The summed E-state index contributed by atoms with van der Waals surface area (Å²) in [5, 5.41) is 0. The molecule has 4 heteroatoms. The Balaban J connectivity index is 3.08. The molecular formula is C21H42O4. The molecule has 0 aliphatic carbocycles. The highest BCUT2D eigenvalue weighted by Crippen LogP contribution is 2.09. The number of hydrogen-bond donors (Lipinski definition) is 0. The lowest BCUT2D eigenvalue weighted by Crippen LogP contribution is -2.11. The number of carbonyl (C=O) groups excluding carboxylic acids is 1. The molecule has 0 saturated heterocycles. The molecule has 0 aliphatic heterocycles. The first-order valence-corrected chi connectivity index (χ1v) is 10.5. The quantitative estimate of drug-likeness (QED) is 0.225. The Bertz CT molecular complexity index is 279. The van der Waals surface area contributed by atoms with E-state index in [2.05, 4.69) is 6.92 Å². The molecule has 0 spiro atoms. The van der Waals surface area contributed by atoms with Crippen LogP contribution >= 0.6 is 0 Å². The molecule has 0 N–H and O–H groups in total. The van der Waals surface area contributed by atoms with Crippen molar-refractivity contribution in [2.24, 2.45) is 5.92 Å². The lowest BCUT2D eigenvalue weighted by atomic mass is 10.1. The van der Waals surface area contributed by atoms with Gasteiger partial charge in [0.05, 0.1) is 19.8 Å². The van der Waals surface area contributed by atoms with E-state index in [1.54, 1.807) is 0 Å². The molecule has 4 nitrogen and oxygen atoms in total. The van der Waals surface area contributed by atoms with Gasteiger partial charge in [-0.15, -0.1) is 0 Å². The van der Waals surface area contributed by atoms with E-state index < -0.39 is 0 Å². The Morgan fingerprint density at radius 1 is 0.720 bits per heavy atom. The van der Waals surface area contributed by atoms with Gasteiger partial charge in [-0.2, -0.15) is 0 Å². The van der Waals surface area contributed by atoms with E-state index in [4.69, 9.17) is 14.2 Å². The van der Waals surface area contributed by atoms with E-state index in [1.165, 1.54) is 51.4 Å². The van der Waals surface area contributed by atoms with Crippen LogP contribution in [-0.4, -0.2) is 39.0 Å². The van der Waals surface area contributed by atoms with E-state index in [1.807, 2.05) is 13.8 Å². The van der Waals surface area contributed by atoms with Crippen LogP contribution in [0.5, 0.6) is 0 Å². The molecule has 0 fully saturated rings. The largest absolute Gasteiger partial charge is 0.465 e. The molecule has 0 saturated carbocycles. The van der Waals surface area contributed by atoms with E-state index >= 15 is 0 Å². The molecule has 0 aliphatic rings. The second-order valence-electron chi connectivity index (χ2n) is 7.23. The van der Waals surface area contributed by atoms with Gasteiger partial charge in [0, 0.05) is 19.6 Å². The fraction of sp³-hybridized carbons (Fsp3) is 0.952. The van der Waals surface area contributed by atoms with Crippen molar-refractivity contribution < 1.29 is 19.0 Å². The maximum absolute atomic E-state index is 11.4. The van der Waals surface area contributed by atoms with Crippen LogP contribution < -0.4 is 0 Å². The molecule has 0 atom stereocenters. The normalized spacial score (nSPS) is 11.2. The summed E-state index contributed by atoms with van der Waals surface area (Å²) >= 11 is 0. The summed E-state index contributed by atoms with van der Waals surface area (Å²) in [4.78, 5) is 11.4. The molecule has 0 unspecified atom stereocenters. The Morgan fingerprint density at radius 2 is 1.24 bits per heavy atom. The molecule has 0 aromatic carbocycles. The standard InChI is InChI=1S/C21H42O4/c1-4-5-6-7-8-9-10-11-12-15-23-17-18-24-16-13-14-21(22)25-19-20(2)3/h20H,4-19H2,1-3H3. The Labute approximate surface area is 156 Å². The number of hydrogen-bond acceptors (Lipinski definition) is 4. The maximum atomic E-state index is 11.4. The maximum Gasteiger partial charge on any atom is 0.305 e. The molecule has 0 radical (unpaired) electrons. The number of esters is 1. The highest BCUT2D eigenvalue weighted by atomic mass is 16.5. The van der Waals surface area contributed by atoms with Crippen molar-refractivity contribution in [3.8, 4) is 0 Å². The first kappa shape index (κ1) is 24.4. The van der Waals surface area contributed by atoms with Gasteiger partial charge >= 0.3 is 5.97 Å². The van der Waals surface area contributed by atoms with Crippen molar-refractivity contribution in [3.05, 3.63) is 0 Å². The van der Waals surface area contributed by atoms with Crippen LogP contribution in [-0.2, 0) is 19.0 Å². The number of ether oxygens (including phenoxy) is 3. The van der Waals surface area contributed by atoms with Gasteiger partial charge in [-0.3, -0.25) is 4.79 Å². The second-order valence-corrected chi connectivity index (χ2v) is 7.23. The second kappa shape index (κ2) is 19.7. The number of unbranched alkanes of at least 4 members (excludes halogenated alkanes) is 8. The highest BCUT2D eigenvalue weighted by molar-refractivity contribution is 5.69. The van der Waals surface area contributed by atoms with Crippen LogP contribution in [0.1, 0.15) is 91.4 Å². The monoisotopic (exact) mass is 358 g/mol. The van der Waals surface area contributed by atoms with Crippen molar-refractivity contribution in [1.82, 2.24) is 0 Å². The van der Waals surface area contributed by atoms with Gasteiger partial charge in [0.15, 0.2) is 0 Å². The van der Waals surface area contributed by atoms with Crippen LogP contribution in [0.15, 0.2) is 0 Å². The van der Waals surface area contributed by atoms with Crippen molar-refractivity contribution in [2.75, 3.05) is 33.0 Å². The molecule has 25 heavy (non-hydrogen) atoms. The molecule has 0 heterocycles. The average molecular weight is 359 g/mol. The minimum absolute atomic E-state index is 0.126. The van der Waals surface area contributed by atoms with E-state index in [9.17, 15) is 4.79 Å². The third kappa shape index (κ3) is 21.3. The zero-order valence-corrected chi connectivity index (χ0v) is 17.0. The smallest absolute Gasteiger partial charge is 0.305 e. The highest BCUT2D eigenvalue weighted by Gasteiger charge is 2.03. The minimum Gasteiger partial charge on any atom is -0.465 e. The topological polar surface area (TPSA) is 44.8 Å². The fourth-order valence-electron chi connectivity index (χ4n) is 2.49. The predicted molar refractivity (Wildman–Crippen MR) is 104 cm³/mol. The molecule has 0 aromatic heterocycles. The van der Waals surface area contributed by atoms with Gasteiger partial charge < -0.3 is 14.2 Å². The van der Waals surface area contributed by atoms with Gasteiger partial charge in [-0.05, 0) is 18.8 Å². The van der Waals surface area contributed by atoms with Gasteiger partial charge in [0.1, 0.15) is 0 Å². The van der Waals surface area contributed by atoms with Crippen LogP contribution in [0.25, 0.3) is 0 Å². The van der Waals surface area contributed by atoms with Crippen LogP contribution in [0.4, 0.5) is 0 Å². The third-order valence-electron chi connectivity index (χ3n) is 4.01. The van der Waals surface area contributed by atoms with Crippen molar-refractivity contribution in [3.63, 3.8) is 0 Å². The first-order chi connectivity index (χ1) is 12.2. The summed E-state index contributed by atoms with van der Waals surface area (Å²) in [6.07, 6.45) is 13.2. The molecular weight excluding hydrogens is 316 g/mol. The summed E-state index contributed by atoms with van der Waals surface area (Å²) in [5.41, 5.74) is 0. The Hall–Kier alpha value is -0.610. The van der Waals surface area contributed by atoms with Crippen molar-refractivity contribution in [1.29, 1.82) is 0 Å². The van der Waals surface area contributed by atoms with Crippen LogP contribution in [0.3, 0.4) is 0 Å². The lowest BCUT2D eigenvalue weighted by molar-refractivity contribution is -0.145. The summed E-state index contributed by atoms with van der Waals surface area (Å²) in [5.74, 6) is 0.266. The lowest BCUT2D eigenvalue weighted by Gasteiger charge is -2.08. The van der Waals surface area contributed by atoms with E-state index in [0.717, 1.165) is 19.4 Å². The number of carbonyl (C=O) groups is 1. The fourth-order valence-corrected chi connectivity index (χ4v) is 2.49. The van der Waals surface area contributed by atoms with Gasteiger partial charge in [0.25, 0.3) is 0 Å². The Kier molecular flexibility index (Phi) is 19.2. The van der Waals surface area contributed by atoms with Crippen molar-refractivity contribution in [2.45, 2.75) is 91.4 Å². The van der Waals surface area contributed by atoms with E-state index in [0.29, 0.717) is 38.8 Å². The zero-order valence-electron chi connectivity index (χ0n) is 17.0. The molecule has 0 bridgehead atoms. The predicted octanol–water partition coefficient (Wildman–Crippen LogP) is 5.53. The SMILES string of the molecule is CCCCCCCCCCCOCCOCCCC(=O)OCC(C)C. The molecule has 0 rings (SSSR count). The summed E-state index contributed by atoms with van der Waals surface area (Å²) in [7, 11) is 0. The van der Waals surface area contributed by atoms with Gasteiger partial charge in [-0.1, -0.05) is 72.1 Å². The third-order valence-corrected chi connectivity index (χ3v) is 4.01. The zero-order chi connectivity index (χ0) is 18.6. The van der Waals surface area contributed by atoms with Gasteiger partial charge in [0.2, 0.25) is 0 Å². The van der Waals surface area contributed by atoms with Crippen LogP contribution in [0.2, 0.25) is 0 Å². The number of rotatable bonds is 19. The summed E-state index contributed by atoms with van der Waals surface area (Å²) < 4.78 is 16.1. The average Bonchev–Trinajstić information content (AvgIpc) is 2.59. The summed E-state index contributed by atoms with van der Waals surface area (Å²) in [6.45, 7) is 9.52. The van der Waals surface area contributed by atoms with Gasteiger partial charge in [-0.25, -0.2) is 0 Å². The Morgan fingerprint density at radius 3 is 1.80 bits per heavy atom. The summed E-state index contributed by atoms with van der Waals surface area (Å²) in [6, 6.07) is 0.